The molecule has 22 heavy (non-hydrogen) atoms. The van der Waals surface area contributed by atoms with Crippen LogP contribution in [0.3, 0.4) is 0 Å². The van der Waals surface area contributed by atoms with Crippen molar-refractivity contribution in [1.29, 1.82) is 0 Å². The summed E-state index contributed by atoms with van der Waals surface area (Å²) >= 11 is 0. The molecule has 4 nitrogen and oxygen atoms in total. The Labute approximate surface area is 129 Å². The number of amides is 2. The molecule has 0 aliphatic carbocycles. The van der Waals surface area contributed by atoms with E-state index in [-0.39, 0.29) is 6.03 Å². The van der Waals surface area contributed by atoms with Crippen LogP contribution in [0, 0.1) is 0 Å². The Kier molecular flexibility index (Phi) is 4.01. The third-order valence-corrected chi connectivity index (χ3v) is 3.51. The quantitative estimate of drug-likeness (QED) is 0.749. The number of nitrogens with one attached hydrogen (secondary N) is 2. The Hall–Kier alpha value is -2.88. The fourth-order valence-electron chi connectivity index (χ4n) is 2.37. The molecule has 1 heterocycles. The molecule has 3 rings (SSSR count). The van der Waals surface area contributed by atoms with Gasteiger partial charge in [-0.15, -0.1) is 0 Å². The van der Waals surface area contributed by atoms with Gasteiger partial charge in [0.2, 0.25) is 0 Å². The number of hydrogen-bond donors (Lipinski definition) is 2. The minimum Gasteiger partial charge on any atom is -0.307 e. The number of benzene rings is 2. The zero-order valence-corrected chi connectivity index (χ0v) is 12.3. The molecule has 0 saturated heterocycles. The molecule has 0 spiro atoms. The number of urea groups is 1. The molecule has 0 radical (unpaired) electrons. The van der Waals surface area contributed by atoms with Gasteiger partial charge in [-0.1, -0.05) is 43.3 Å². The fourth-order valence-corrected chi connectivity index (χ4v) is 2.37. The van der Waals surface area contributed by atoms with E-state index in [0.717, 1.165) is 28.4 Å². The van der Waals surface area contributed by atoms with E-state index in [0.29, 0.717) is 5.82 Å². The first-order valence-corrected chi connectivity index (χ1v) is 7.27. The number of rotatable bonds is 3. The molecular weight excluding hydrogens is 274 g/mol. The monoisotopic (exact) mass is 291 g/mol. The molecule has 0 unspecified atom stereocenters. The summed E-state index contributed by atoms with van der Waals surface area (Å²) in [5.41, 5.74) is 1.91. The zero-order chi connectivity index (χ0) is 15.4. The lowest BCUT2D eigenvalue weighted by Crippen LogP contribution is -2.20. The highest BCUT2D eigenvalue weighted by atomic mass is 16.2. The van der Waals surface area contributed by atoms with Gasteiger partial charge < -0.3 is 5.32 Å². The second-order valence-corrected chi connectivity index (χ2v) is 5.01. The number of carbonyl (C=O) groups excluding carboxylic acids is 1. The van der Waals surface area contributed by atoms with Crippen LogP contribution in [0.1, 0.15) is 12.5 Å². The topological polar surface area (TPSA) is 54.0 Å². The van der Waals surface area contributed by atoms with Crippen LogP contribution in [0.2, 0.25) is 0 Å². The van der Waals surface area contributed by atoms with Gasteiger partial charge in [-0.2, -0.15) is 0 Å². The summed E-state index contributed by atoms with van der Waals surface area (Å²) in [7, 11) is 0. The van der Waals surface area contributed by atoms with Crippen molar-refractivity contribution in [3.05, 3.63) is 66.4 Å². The van der Waals surface area contributed by atoms with E-state index in [9.17, 15) is 4.79 Å². The first-order valence-electron chi connectivity index (χ1n) is 7.27. The molecule has 3 aromatic rings. The van der Waals surface area contributed by atoms with Crippen LogP contribution in [-0.2, 0) is 6.42 Å². The fraction of sp³-hybridized carbons (Fsp3) is 0.111. The lowest BCUT2D eigenvalue weighted by Gasteiger charge is -2.10. The Bertz CT molecular complexity index is 809. The summed E-state index contributed by atoms with van der Waals surface area (Å²) in [6.45, 7) is 2.06. The number of hydrogen-bond acceptors (Lipinski definition) is 2. The average Bonchev–Trinajstić information content (AvgIpc) is 2.55. The molecule has 0 bridgehead atoms. The van der Waals surface area contributed by atoms with E-state index >= 15 is 0 Å². The van der Waals surface area contributed by atoms with Crippen molar-refractivity contribution in [2.75, 3.05) is 10.6 Å². The lowest BCUT2D eigenvalue weighted by molar-refractivity contribution is 0.262. The van der Waals surface area contributed by atoms with Crippen molar-refractivity contribution in [2.24, 2.45) is 0 Å². The van der Waals surface area contributed by atoms with Crippen LogP contribution in [0.5, 0.6) is 0 Å². The normalized spacial score (nSPS) is 10.4. The van der Waals surface area contributed by atoms with Crippen molar-refractivity contribution >= 4 is 28.3 Å². The molecule has 1 aromatic heterocycles. The van der Waals surface area contributed by atoms with Gasteiger partial charge in [0.15, 0.2) is 0 Å². The Morgan fingerprint density at radius 1 is 1.05 bits per heavy atom. The summed E-state index contributed by atoms with van der Waals surface area (Å²) in [6.07, 6.45) is 2.61. The summed E-state index contributed by atoms with van der Waals surface area (Å²) in [5.74, 6) is 0.553. The summed E-state index contributed by atoms with van der Waals surface area (Å²) < 4.78 is 0. The number of anilines is 2. The maximum atomic E-state index is 12.2. The van der Waals surface area contributed by atoms with Gasteiger partial charge in [-0.3, -0.25) is 5.32 Å². The lowest BCUT2D eigenvalue weighted by atomic mass is 10.1. The van der Waals surface area contributed by atoms with Crippen LogP contribution in [0.25, 0.3) is 10.8 Å². The van der Waals surface area contributed by atoms with Gasteiger partial charge in [0.05, 0.1) is 5.69 Å². The Morgan fingerprint density at radius 2 is 1.86 bits per heavy atom. The van der Waals surface area contributed by atoms with Crippen molar-refractivity contribution in [3.8, 4) is 0 Å². The van der Waals surface area contributed by atoms with Crippen LogP contribution in [0.4, 0.5) is 16.3 Å². The second-order valence-electron chi connectivity index (χ2n) is 5.01. The minimum atomic E-state index is -0.294. The van der Waals surface area contributed by atoms with Gasteiger partial charge in [-0.05, 0) is 35.6 Å². The SMILES string of the molecule is CCc1ccnc(NC(=O)Nc2cccc3ccccc23)c1. The molecule has 0 aliphatic rings. The minimum absolute atomic E-state index is 0.294. The first kappa shape index (κ1) is 14.1. The number of aromatic nitrogens is 1. The van der Waals surface area contributed by atoms with Gasteiger partial charge in [0.25, 0.3) is 0 Å². The predicted molar refractivity (Wildman–Crippen MR) is 90.2 cm³/mol. The van der Waals surface area contributed by atoms with Gasteiger partial charge in [0.1, 0.15) is 5.82 Å². The van der Waals surface area contributed by atoms with Crippen LogP contribution < -0.4 is 10.6 Å². The maximum absolute atomic E-state index is 12.2. The molecule has 2 N–H and O–H groups in total. The van der Waals surface area contributed by atoms with Crippen molar-refractivity contribution < 1.29 is 4.79 Å². The number of pyridine rings is 1. The summed E-state index contributed by atoms with van der Waals surface area (Å²) in [4.78, 5) is 16.3. The van der Waals surface area contributed by atoms with Crippen molar-refractivity contribution in [1.82, 2.24) is 4.98 Å². The number of carbonyl (C=O) groups is 1. The molecule has 0 saturated carbocycles. The summed E-state index contributed by atoms with van der Waals surface area (Å²) in [6, 6.07) is 17.3. The summed E-state index contributed by atoms with van der Waals surface area (Å²) in [5, 5.41) is 7.75. The third kappa shape index (κ3) is 3.06. The van der Waals surface area contributed by atoms with Gasteiger partial charge in [-0.25, -0.2) is 9.78 Å². The van der Waals surface area contributed by atoms with Crippen molar-refractivity contribution in [3.63, 3.8) is 0 Å². The molecule has 2 aromatic carbocycles. The number of nitrogens with zero attached hydrogens (tertiary/aromatic N) is 1. The van der Waals surface area contributed by atoms with Crippen molar-refractivity contribution in [2.45, 2.75) is 13.3 Å². The molecule has 110 valence electrons. The van der Waals surface area contributed by atoms with E-state index in [1.165, 1.54) is 0 Å². The Balaban J connectivity index is 1.78. The molecule has 0 fully saturated rings. The van der Waals surface area contributed by atoms with Gasteiger partial charge >= 0.3 is 6.03 Å². The molecular formula is C18H17N3O. The standard InChI is InChI=1S/C18H17N3O/c1-2-13-10-11-19-17(12-13)21-18(22)20-16-9-5-7-14-6-3-4-8-15(14)16/h3-12H,2H2,1H3,(H2,19,20,21,22). The highest BCUT2D eigenvalue weighted by Crippen LogP contribution is 2.23. The van der Waals surface area contributed by atoms with Gasteiger partial charge in [0, 0.05) is 11.6 Å². The number of fused-ring (bicyclic) bond motifs is 1. The molecule has 0 aliphatic heterocycles. The van der Waals surface area contributed by atoms with E-state index in [1.807, 2.05) is 54.6 Å². The predicted octanol–water partition coefficient (Wildman–Crippen LogP) is 4.44. The van der Waals surface area contributed by atoms with E-state index < -0.39 is 0 Å². The highest BCUT2D eigenvalue weighted by Gasteiger charge is 2.06. The first-order chi connectivity index (χ1) is 10.8. The van der Waals surface area contributed by atoms with Crippen LogP contribution >= 0.6 is 0 Å². The highest BCUT2D eigenvalue weighted by molar-refractivity contribution is 6.05. The number of aryl methyl sites for hydroxylation is 1. The third-order valence-electron chi connectivity index (χ3n) is 3.51. The Morgan fingerprint density at radius 3 is 2.73 bits per heavy atom. The van der Waals surface area contributed by atoms with E-state index in [2.05, 4.69) is 22.5 Å². The maximum Gasteiger partial charge on any atom is 0.324 e. The van der Waals surface area contributed by atoms with E-state index in [4.69, 9.17) is 0 Å². The van der Waals surface area contributed by atoms with E-state index in [1.54, 1.807) is 6.20 Å². The molecule has 4 heteroatoms. The largest absolute Gasteiger partial charge is 0.324 e. The second kappa shape index (κ2) is 6.26. The molecule has 0 atom stereocenters. The van der Waals surface area contributed by atoms with Crippen LogP contribution in [0.15, 0.2) is 60.8 Å². The smallest absolute Gasteiger partial charge is 0.307 e. The molecule has 2 amide bonds. The average molecular weight is 291 g/mol. The van der Waals surface area contributed by atoms with Crippen LogP contribution in [-0.4, -0.2) is 11.0 Å². The zero-order valence-electron chi connectivity index (χ0n) is 12.3.